The lowest BCUT2D eigenvalue weighted by Gasteiger charge is -2.09. The van der Waals surface area contributed by atoms with Crippen LogP contribution in [-0.2, 0) is 6.54 Å². The van der Waals surface area contributed by atoms with Crippen LogP contribution in [0.3, 0.4) is 0 Å². The van der Waals surface area contributed by atoms with Crippen LogP contribution in [0.1, 0.15) is 5.56 Å². The standard InChI is InChI=1S/C17H12ClFN2O2/c18-13-2-1-3-15(10-13)21-9-8-20(16(22)17(21)23)11-12-4-6-14(19)7-5-12/h1-10H,11H2. The second-order valence-corrected chi connectivity index (χ2v) is 5.45. The molecule has 0 radical (unpaired) electrons. The molecule has 0 unspecified atom stereocenters. The highest BCUT2D eigenvalue weighted by atomic mass is 35.5. The minimum atomic E-state index is -0.670. The Bertz CT molecular complexity index is 961. The molecule has 0 fully saturated rings. The Morgan fingerprint density at radius 2 is 1.70 bits per heavy atom. The summed E-state index contributed by atoms with van der Waals surface area (Å²) >= 11 is 5.91. The van der Waals surface area contributed by atoms with Gasteiger partial charge in [-0.05, 0) is 35.9 Å². The molecule has 0 saturated heterocycles. The Morgan fingerprint density at radius 3 is 2.39 bits per heavy atom. The number of nitrogens with zero attached hydrogens (tertiary/aromatic N) is 2. The van der Waals surface area contributed by atoms with Crippen molar-refractivity contribution in [1.82, 2.24) is 9.13 Å². The van der Waals surface area contributed by atoms with Crippen LogP contribution in [0.25, 0.3) is 5.69 Å². The number of benzene rings is 2. The first kappa shape index (κ1) is 15.2. The van der Waals surface area contributed by atoms with E-state index in [1.54, 1.807) is 36.4 Å². The molecule has 6 heteroatoms. The fraction of sp³-hybridized carbons (Fsp3) is 0.0588. The molecule has 3 aromatic rings. The van der Waals surface area contributed by atoms with Crippen LogP contribution in [0.5, 0.6) is 0 Å². The highest BCUT2D eigenvalue weighted by molar-refractivity contribution is 6.30. The lowest BCUT2D eigenvalue weighted by molar-refractivity contribution is 0.625. The molecule has 3 rings (SSSR count). The number of hydrogen-bond donors (Lipinski definition) is 0. The van der Waals surface area contributed by atoms with Gasteiger partial charge in [-0.3, -0.25) is 14.2 Å². The summed E-state index contributed by atoms with van der Waals surface area (Å²) in [6, 6.07) is 12.5. The molecule has 0 aliphatic rings. The predicted octanol–water partition coefficient (Wildman–Crippen LogP) is 2.84. The van der Waals surface area contributed by atoms with E-state index in [4.69, 9.17) is 11.6 Å². The van der Waals surface area contributed by atoms with Crippen LogP contribution >= 0.6 is 11.6 Å². The van der Waals surface area contributed by atoms with Crippen molar-refractivity contribution < 1.29 is 4.39 Å². The zero-order valence-corrected chi connectivity index (χ0v) is 12.7. The summed E-state index contributed by atoms with van der Waals surface area (Å²) in [5.41, 5.74) is -0.0735. The van der Waals surface area contributed by atoms with Crippen LogP contribution in [0.2, 0.25) is 5.02 Å². The molecule has 1 aromatic heterocycles. The van der Waals surface area contributed by atoms with Gasteiger partial charge in [0.25, 0.3) is 0 Å². The summed E-state index contributed by atoms with van der Waals surface area (Å²) in [5, 5.41) is 0.477. The Balaban J connectivity index is 1.99. The molecule has 0 aliphatic heterocycles. The van der Waals surface area contributed by atoms with Crippen LogP contribution in [0.15, 0.2) is 70.5 Å². The molecular formula is C17H12ClFN2O2. The van der Waals surface area contributed by atoms with Crippen LogP contribution in [0.4, 0.5) is 4.39 Å². The van der Waals surface area contributed by atoms with Gasteiger partial charge >= 0.3 is 11.1 Å². The Hall–Kier alpha value is -2.66. The maximum absolute atomic E-state index is 12.9. The van der Waals surface area contributed by atoms with Crippen LogP contribution < -0.4 is 11.1 Å². The normalized spacial score (nSPS) is 10.7. The highest BCUT2D eigenvalue weighted by Gasteiger charge is 2.07. The van der Waals surface area contributed by atoms with E-state index in [2.05, 4.69) is 0 Å². The second kappa shape index (κ2) is 6.22. The average Bonchev–Trinajstić information content (AvgIpc) is 2.54. The molecule has 0 saturated carbocycles. The summed E-state index contributed by atoms with van der Waals surface area (Å²) in [5.74, 6) is -0.350. The van der Waals surface area contributed by atoms with Crippen molar-refractivity contribution >= 4 is 11.6 Å². The highest BCUT2D eigenvalue weighted by Crippen LogP contribution is 2.12. The zero-order chi connectivity index (χ0) is 16.4. The maximum Gasteiger partial charge on any atom is 0.320 e. The molecule has 2 aromatic carbocycles. The molecule has 23 heavy (non-hydrogen) atoms. The van der Waals surface area contributed by atoms with Gasteiger partial charge in [-0.15, -0.1) is 0 Å². The van der Waals surface area contributed by atoms with Crippen LogP contribution in [0, 0.1) is 5.82 Å². The van der Waals surface area contributed by atoms with E-state index in [0.717, 1.165) is 5.56 Å². The minimum Gasteiger partial charge on any atom is -0.305 e. The quantitative estimate of drug-likeness (QED) is 0.693. The van der Waals surface area contributed by atoms with Crippen molar-refractivity contribution in [3.8, 4) is 5.69 Å². The summed E-state index contributed by atoms with van der Waals surface area (Å²) in [6.45, 7) is 0.199. The number of hydrogen-bond acceptors (Lipinski definition) is 2. The lowest BCUT2D eigenvalue weighted by Crippen LogP contribution is -2.40. The van der Waals surface area contributed by atoms with Gasteiger partial charge in [0.05, 0.1) is 12.2 Å². The smallest absolute Gasteiger partial charge is 0.305 e. The molecule has 0 spiro atoms. The maximum atomic E-state index is 12.9. The summed E-state index contributed by atoms with van der Waals surface area (Å²) in [7, 11) is 0. The van der Waals surface area contributed by atoms with E-state index in [1.807, 2.05) is 0 Å². The summed E-state index contributed by atoms with van der Waals surface area (Å²) in [6.07, 6.45) is 3.03. The van der Waals surface area contributed by atoms with E-state index in [9.17, 15) is 14.0 Å². The predicted molar refractivity (Wildman–Crippen MR) is 86.8 cm³/mol. The average molecular weight is 331 g/mol. The van der Waals surface area contributed by atoms with E-state index in [0.29, 0.717) is 10.7 Å². The third-order valence-corrected chi connectivity index (χ3v) is 3.65. The van der Waals surface area contributed by atoms with Crippen molar-refractivity contribution in [2.75, 3.05) is 0 Å². The molecule has 0 aliphatic carbocycles. The van der Waals surface area contributed by atoms with Gasteiger partial charge in [0, 0.05) is 17.4 Å². The Kier molecular flexibility index (Phi) is 4.12. The van der Waals surface area contributed by atoms with Gasteiger partial charge in [-0.2, -0.15) is 0 Å². The first-order valence-corrected chi connectivity index (χ1v) is 7.25. The summed E-state index contributed by atoms with van der Waals surface area (Å²) < 4.78 is 15.4. The number of halogens is 2. The lowest BCUT2D eigenvalue weighted by atomic mass is 10.2. The van der Waals surface area contributed by atoms with Crippen molar-refractivity contribution in [3.05, 3.63) is 98.0 Å². The SMILES string of the molecule is O=c1c(=O)n(-c2cccc(Cl)c2)ccn1Cc1ccc(F)cc1. The van der Waals surface area contributed by atoms with Crippen molar-refractivity contribution in [2.45, 2.75) is 6.54 Å². The second-order valence-electron chi connectivity index (χ2n) is 5.01. The van der Waals surface area contributed by atoms with Gasteiger partial charge < -0.3 is 4.57 Å². The zero-order valence-electron chi connectivity index (χ0n) is 11.9. The topological polar surface area (TPSA) is 44.0 Å². The molecule has 0 atom stereocenters. The first-order valence-electron chi connectivity index (χ1n) is 6.87. The summed E-state index contributed by atoms with van der Waals surface area (Å²) in [4.78, 5) is 24.5. The molecule has 0 bridgehead atoms. The molecule has 0 N–H and O–H groups in total. The van der Waals surface area contributed by atoms with Crippen LogP contribution in [-0.4, -0.2) is 9.13 Å². The fourth-order valence-corrected chi connectivity index (χ4v) is 2.43. The largest absolute Gasteiger partial charge is 0.320 e. The molecule has 1 heterocycles. The van der Waals surface area contributed by atoms with Gasteiger partial charge in [-0.1, -0.05) is 29.8 Å². The van der Waals surface area contributed by atoms with E-state index in [-0.39, 0.29) is 12.4 Å². The fourth-order valence-electron chi connectivity index (χ4n) is 2.25. The molecule has 4 nitrogen and oxygen atoms in total. The van der Waals surface area contributed by atoms with E-state index in [1.165, 1.54) is 33.7 Å². The van der Waals surface area contributed by atoms with Crippen molar-refractivity contribution in [1.29, 1.82) is 0 Å². The number of aromatic nitrogens is 2. The van der Waals surface area contributed by atoms with Gasteiger partial charge in [0.2, 0.25) is 0 Å². The Labute approximate surface area is 136 Å². The molecular weight excluding hydrogens is 319 g/mol. The van der Waals surface area contributed by atoms with Gasteiger partial charge in [0.1, 0.15) is 5.82 Å². The molecule has 116 valence electrons. The van der Waals surface area contributed by atoms with Crippen molar-refractivity contribution in [3.63, 3.8) is 0 Å². The van der Waals surface area contributed by atoms with Gasteiger partial charge in [0.15, 0.2) is 0 Å². The third kappa shape index (κ3) is 3.24. The minimum absolute atomic E-state index is 0.199. The third-order valence-electron chi connectivity index (χ3n) is 3.41. The first-order chi connectivity index (χ1) is 11.0. The van der Waals surface area contributed by atoms with Gasteiger partial charge in [-0.25, -0.2) is 4.39 Å². The van der Waals surface area contributed by atoms with E-state index >= 15 is 0 Å². The van der Waals surface area contributed by atoms with Crippen molar-refractivity contribution in [2.24, 2.45) is 0 Å². The molecule has 0 amide bonds. The Morgan fingerprint density at radius 1 is 0.957 bits per heavy atom. The van der Waals surface area contributed by atoms with E-state index < -0.39 is 11.1 Å². The number of rotatable bonds is 3. The monoisotopic (exact) mass is 330 g/mol.